The summed E-state index contributed by atoms with van der Waals surface area (Å²) in [7, 11) is 0. The van der Waals surface area contributed by atoms with Gasteiger partial charge in [-0.3, -0.25) is 33.6 Å². The van der Waals surface area contributed by atoms with Gasteiger partial charge in [-0.1, -0.05) is 219 Å². The third kappa shape index (κ3) is 12.1. The van der Waals surface area contributed by atoms with Crippen molar-refractivity contribution < 1.29 is 10.0 Å². The third-order valence-electron chi connectivity index (χ3n) is 15.7. The van der Waals surface area contributed by atoms with E-state index in [4.69, 9.17) is 0 Å². The molecule has 0 amide bonds. The molecule has 1 aliphatic heterocycles. The molecule has 10 nitrogen and oxygen atoms in total. The second kappa shape index (κ2) is 26.4. The Kier molecular flexibility index (Phi) is 19.8. The van der Waals surface area contributed by atoms with E-state index in [-0.39, 0.29) is 45.4 Å². The van der Waals surface area contributed by atoms with Gasteiger partial charge in [0.05, 0.1) is 26.6 Å². The van der Waals surface area contributed by atoms with Crippen molar-refractivity contribution in [2.24, 2.45) is 0 Å². The molecule has 2 aliphatic rings. The van der Waals surface area contributed by atoms with E-state index in [2.05, 4.69) is 13.8 Å². The van der Waals surface area contributed by atoms with E-state index in [1.807, 2.05) is 0 Å². The number of rotatable bonds is 35. The molecule has 1 aliphatic carbocycles. The van der Waals surface area contributed by atoms with E-state index in [0.717, 1.165) is 38.5 Å². The first-order valence-electron chi connectivity index (χ1n) is 28.1. The van der Waals surface area contributed by atoms with E-state index < -0.39 is 16.0 Å². The lowest BCUT2D eigenvalue weighted by molar-refractivity contribution is -0.382. The van der Waals surface area contributed by atoms with Crippen molar-refractivity contribution in [3.8, 4) is 17.0 Å². The summed E-state index contributed by atoms with van der Waals surface area (Å²) in [5.74, 6) is -0.298. The molecule has 0 radical (unpaired) electrons. The fourth-order valence-electron chi connectivity index (χ4n) is 11.7. The topological polar surface area (TPSA) is 148 Å². The lowest BCUT2D eigenvalue weighted by Gasteiger charge is -2.21. The Bertz CT molecular complexity index is 2970. The molecule has 0 atom stereocenters. The van der Waals surface area contributed by atoms with Gasteiger partial charge in [-0.05, 0) is 41.8 Å². The van der Waals surface area contributed by atoms with Gasteiger partial charge in [0, 0.05) is 57.0 Å². The molecule has 4 aromatic carbocycles. The Morgan fingerprint density at radius 3 is 1.29 bits per heavy atom. The number of fused-ring (bicyclic) bond motifs is 2. The van der Waals surface area contributed by atoms with Gasteiger partial charge in [-0.15, -0.1) is 0 Å². The number of nitrogens with one attached hydrogen (secondary N) is 1. The highest BCUT2D eigenvalue weighted by molar-refractivity contribution is 6.39. The van der Waals surface area contributed by atoms with Crippen LogP contribution in [0.4, 0.5) is 5.69 Å². The van der Waals surface area contributed by atoms with Gasteiger partial charge in [-0.2, -0.15) is 0 Å². The van der Waals surface area contributed by atoms with E-state index in [1.165, 1.54) is 175 Å². The van der Waals surface area contributed by atoms with E-state index in [9.17, 15) is 35.0 Å². The smallest absolute Gasteiger partial charge is 0.278 e. The molecular weight excluding hydrogens is 873 g/mol. The molecule has 0 saturated heterocycles. The van der Waals surface area contributed by atoms with Crippen LogP contribution in [0.2, 0.25) is 0 Å². The van der Waals surface area contributed by atoms with E-state index in [0.29, 0.717) is 68.0 Å². The fraction of sp³-hybridized carbons (Fsp3) is 0.600. The number of nitro benzene ring substituents is 1. The number of non-ortho nitro benzene ring substituents is 1. The average molecular weight is 955 g/mol. The number of benzene rings is 5. The summed E-state index contributed by atoms with van der Waals surface area (Å²) in [6, 6.07) is 9.69. The zero-order valence-electron chi connectivity index (χ0n) is 42.8. The Morgan fingerprint density at radius 2 is 0.829 bits per heavy atom. The summed E-state index contributed by atoms with van der Waals surface area (Å²) in [6.45, 7) is 5.11. The highest BCUT2D eigenvalue weighted by Crippen LogP contribution is 2.49. The second-order valence-corrected chi connectivity index (χ2v) is 20.9. The maximum atomic E-state index is 14.2. The summed E-state index contributed by atoms with van der Waals surface area (Å²) in [5, 5.41) is 38.1. The zero-order chi connectivity index (χ0) is 49.4. The summed E-state index contributed by atoms with van der Waals surface area (Å²) in [4.78, 5) is 55.2. The first-order valence-corrected chi connectivity index (χ1v) is 28.1. The molecule has 378 valence electrons. The lowest BCUT2D eigenvalue weighted by atomic mass is 9.83. The van der Waals surface area contributed by atoms with Gasteiger partial charge >= 0.3 is 0 Å². The van der Waals surface area contributed by atoms with Crippen molar-refractivity contribution in [2.75, 3.05) is 0 Å². The molecular formula is C60H82N4O6. The number of hydrogen-bond acceptors (Lipinski definition) is 7. The van der Waals surface area contributed by atoms with Crippen LogP contribution in [-0.2, 0) is 13.1 Å². The summed E-state index contributed by atoms with van der Waals surface area (Å²) in [5.41, 5.74) is -0.796. The maximum absolute atomic E-state index is 14.2. The first kappa shape index (κ1) is 52.7. The first-order chi connectivity index (χ1) is 34.2. The van der Waals surface area contributed by atoms with Crippen LogP contribution in [0.3, 0.4) is 0 Å². The molecule has 0 unspecified atom stereocenters. The Morgan fingerprint density at radius 1 is 0.443 bits per heavy atom. The lowest BCUT2D eigenvalue weighted by Crippen LogP contribution is -2.35. The van der Waals surface area contributed by atoms with Crippen LogP contribution in [0.1, 0.15) is 219 Å². The highest BCUT2D eigenvalue weighted by atomic mass is 16.6. The largest absolute Gasteiger partial charge is 0.494 e. The van der Waals surface area contributed by atoms with Gasteiger partial charge in [0.25, 0.3) is 22.4 Å². The minimum absolute atomic E-state index is 0.0559. The number of aromatic hydroxyl groups is 1. The van der Waals surface area contributed by atoms with Crippen LogP contribution in [0, 0.1) is 15.5 Å². The highest BCUT2D eigenvalue weighted by Gasteiger charge is 2.30. The quantitative estimate of drug-likeness (QED) is 0.0133. The van der Waals surface area contributed by atoms with Crippen molar-refractivity contribution in [1.82, 2.24) is 9.13 Å². The van der Waals surface area contributed by atoms with Crippen LogP contribution >= 0.6 is 0 Å². The molecule has 10 heteroatoms. The minimum atomic E-state index is -0.469. The van der Waals surface area contributed by atoms with Gasteiger partial charge in [0.1, 0.15) is 0 Å². The van der Waals surface area contributed by atoms with E-state index in [1.54, 1.807) is 24.3 Å². The Hall–Kier alpha value is -5.12. The zero-order valence-corrected chi connectivity index (χ0v) is 42.8. The van der Waals surface area contributed by atoms with Gasteiger partial charge < -0.3 is 10.5 Å². The van der Waals surface area contributed by atoms with Crippen molar-refractivity contribution in [1.29, 1.82) is 5.41 Å². The van der Waals surface area contributed by atoms with Crippen LogP contribution in [0.15, 0.2) is 50.8 Å². The van der Waals surface area contributed by atoms with Gasteiger partial charge in [0.15, 0.2) is 0 Å². The number of aromatic nitrogens is 2. The molecule has 0 spiro atoms. The minimum Gasteiger partial charge on any atom is -0.494 e. The van der Waals surface area contributed by atoms with Crippen molar-refractivity contribution in [3.05, 3.63) is 82.9 Å². The molecule has 1 aromatic heterocycles. The van der Waals surface area contributed by atoms with Crippen molar-refractivity contribution in [2.45, 2.75) is 232 Å². The van der Waals surface area contributed by atoms with Crippen LogP contribution in [0.25, 0.3) is 65.0 Å². The monoisotopic (exact) mass is 955 g/mol. The van der Waals surface area contributed by atoms with Crippen LogP contribution < -0.4 is 22.0 Å². The molecule has 2 N–H and O–H groups in total. The molecule has 0 saturated carbocycles. The van der Waals surface area contributed by atoms with Crippen molar-refractivity contribution in [3.63, 3.8) is 0 Å². The fourth-order valence-corrected chi connectivity index (χ4v) is 11.7. The molecule has 5 aromatic rings. The van der Waals surface area contributed by atoms with Crippen molar-refractivity contribution >= 4 is 59.5 Å². The number of unbranched alkanes of at least 4 members (excludes halogenated alkanes) is 30. The molecule has 7 rings (SSSR count). The van der Waals surface area contributed by atoms with Gasteiger partial charge in [-0.25, -0.2) is 0 Å². The Balaban J connectivity index is 1.02. The number of nitro groups is 1. The molecule has 0 fully saturated rings. The Labute approximate surface area is 414 Å². The third-order valence-corrected chi connectivity index (χ3v) is 15.7. The normalized spacial score (nSPS) is 12.2. The number of pyridine rings is 2. The summed E-state index contributed by atoms with van der Waals surface area (Å²) >= 11 is 0. The molecule has 2 heterocycles. The SMILES string of the molecule is CCCCCCCCCCCCCCCCCCn1c(O)c2cc([N+](=O)[O-])c3c4ccc5c6c4c(c(=N)cc-6c(=O)n(CCCCCCCCCCCCCCCCCC)c5=O)c4ccc(c1=O)c2c43. The molecule has 70 heavy (non-hydrogen) atoms. The number of hydrogen-bond donors (Lipinski definition) is 2. The molecule has 0 bridgehead atoms. The second-order valence-electron chi connectivity index (χ2n) is 20.9. The predicted molar refractivity (Wildman–Crippen MR) is 292 cm³/mol. The van der Waals surface area contributed by atoms with E-state index >= 15 is 0 Å². The van der Waals surface area contributed by atoms with Crippen LogP contribution in [0.5, 0.6) is 5.88 Å². The number of nitrogens with zero attached hydrogens (tertiary/aromatic N) is 3. The average Bonchev–Trinajstić information content (AvgIpc) is 3.35. The van der Waals surface area contributed by atoms with Gasteiger partial charge in [0.2, 0.25) is 5.88 Å². The maximum Gasteiger partial charge on any atom is 0.278 e. The van der Waals surface area contributed by atoms with Crippen LogP contribution in [-0.4, -0.2) is 19.2 Å². The summed E-state index contributed by atoms with van der Waals surface area (Å²) in [6.07, 6.45) is 39.4. The standard InChI is InChI=1S/C60H82N4O6/c1-3-5-7-9-11-13-15-17-19-21-23-25-27-29-31-33-39-62-57(65)45-38-36-44-54-50(64(69)70)42-48-52-46(37-35-43(56(52)54)53-49(61)41-47(59(62)67)51(45)55(44)53)58(66)63(60(48)68)40-34-32-30-28-26-24-22-20-18-16-14-12-10-8-6-4-2/h35-38,41-42,61,68H,3-34,39-40H2,1-2H3. The summed E-state index contributed by atoms with van der Waals surface area (Å²) < 4.78 is 2.66. The predicted octanol–water partition coefficient (Wildman–Crippen LogP) is 16.2.